The van der Waals surface area contributed by atoms with Crippen molar-refractivity contribution < 1.29 is 9.18 Å². The predicted molar refractivity (Wildman–Crippen MR) is 34.9 cm³/mol. The largest absolute Gasteiger partial charge is 0.329 e. The Morgan fingerprint density at radius 1 is 1.70 bits per heavy atom. The summed E-state index contributed by atoms with van der Waals surface area (Å²) in [6, 6.07) is 6.45. The van der Waals surface area contributed by atoms with Gasteiger partial charge in [0.1, 0.15) is 5.82 Å². The van der Waals surface area contributed by atoms with E-state index in [4.69, 9.17) is 0 Å². The zero-order valence-corrected chi connectivity index (χ0v) is 5.10. The molecular formula is C7H5FNO. The van der Waals surface area contributed by atoms with Gasteiger partial charge in [-0.1, -0.05) is 0 Å². The molecule has 0 saturated heterocycles. The summed E-state index contributed by atoms with van der Waals surface area (Å²) < 4.78 is 12.3. The minimum Gasteiger partial charge on any atom is -0.329 e. The fourth-order valence-electron chi connectivity index (χ4n) is 0.595. The average Bonchev–Trinajstić information content (AvgIpc) is 1.88. The van der Waals surface area contributed by atoms with E-state index in [1.54, 1.807) is 6.07 Å². The molecule has 3 heteroatoms. The van der Waals surface area contributed by atoms with Crippen LogP contribution in [0.15, 0.2) is 18.2 Å². The van der Waals surface area contributed by atoms with Gasteiger partial charge < -0.3 is 5.32 Å². The first-order valence-electron chi connectivity index (χ1n) is 2.70. The zero-order chi connectivity index (χ0) is 7.40. The van der Waals surface area contributed by atoms with E-state index in [2.05, 4.69) is 11.4 Å². The van der Waals surface area contributed by atoms with Gasteiger partial charge >= 0.3 is 0 Å². The van der Waals surface area contributed by atoms with Crippen molar-refractivity contribution in [3.8, 4) is 0 Å². The molecule has 0 unspecified atom stereocenters. The summed E-state index contributed by atoms with van der Waals surface area (Å²) in [6.07, 6.45) is 0.495. The monoisotopic (exact) mass is 138 g/mol. The number of amides is 1. The standard InChI is InChI=1S/C7H5FNO/c8-6-2-1-3-7(4-6)9-5-10/h1,3-5H,(H,9,10). The van der Waals surface area contributed by atoms with Crippen LogP contribution >= 0.6 is 0 Å². The van der Waals surface area contributed by atoms with Crippen molar-refractivity contribution in [2.75, 3.05) is 5.32 Å². The maximum absolute atomic E-state index is 12.3. The van der Waals surface area contributed by atoms with Crippen LogP contribution in [0.3, 0.4) is 0 Å². The van der Waals surface area contributed by atoms with Crippen LogP contribution in [-0.4, -0.2) is 6.41 Å². The summed E-state index contributed by atoms with van der Waals surface area (Å²) in [7, 11) is 0. The smallest absolute Gasteiger partial charge is 0.211 e. The molecule has 0 heterocycles. The van der Waals surface area contributed by atoms with Gasteiger partial charge in [0.2, 0.25) is 6.41 Å². The van der Waals surface area contributed by atoms with Gasteiger partial charge in [0.25, 0.3) is 0 Å². The first-order valence-corrected chi connectivity index (χ1v) is 2.70. The fourth-order valence-corrected chi connectivity index (χ4v) is 0.595. The van der Waals surface area contributed by atoms with Crippen molar-refractivity contribution in [3.05, 3.63) is 30.1 Å². The number of hydrogen-bond acceptors (Lipinski definition) is 1. The van der Waals surface area contributed by atoms with Gasteiger partial charge in [0, 0.05) is 11.8 Å². The van der Waals surface area contributed by atoms with Crippen molar-refractivity contribution in [1.82, 2.24) is 0 Å². The van der Waals surface area contributed by atoms with E-state index in [9.17, 15) is 9.18 Å². The van der Waals surface area contributed by atoms with E-state index in [1.807, 2.05) is 0 Å². The maximum Gasteiger partial charge on any atom is 0.211 e. The highest BCUT2D eigenvalue weighted by Crippen LogP contribution is 2.06. The second-order valence-electron chi connectivity index (χ2n) is 1.69. The molecule has 1 amide bonds. The Morgan fingerprint density at radius 3 is 3.10 bits per heavy atom. The Morgan fingerprint density at radius 2 is 2.50 bits per heavy atom. The highest BCUT2D eigenvalue weighted by Gasteiger charge is 1.90. The normalized spacial score (nSPS) is 8.90. The average molecular weight is 138 g/mol. The molecule has 51 valence electrons. The summed E-state index contributed by atoms with van der Waals surface area (Å²) in [6.45, 7) is 0. The van der Waals surface area contributed by atoms with E-state index in [0.29, 0.717) is 12.1 Å². The quantitative estimate of drug-likeness (QED) is 0.611. The fraction of sp³-hybridized carbons (Fsp3) is 0. The van der Waals surface area contributed by atoms with E-state index >= 15 is 0 Å². The number of hydrogen-bond donors (Lipinski definition) is 1. The van der Waals surface area contributed by atoms with Gasteiger partial charge in [-0.2, -0.15) is 0 Å². The molecule has 0 aliphatic carbocycles. The number of carbonyl (C=O) groups excluding carboxylic acids is 1. The summed E-state index contributed by atoms with van der Waals surface area (Å²) in [5.41, 5.74) is 0.436. The van der Waals surface area contributed by atoms with Gasteiger partial charge in [0.05, 0.1) is 0 Å². The minimum absolute atomic E-state index is 0.436. The van der Waals surface area contributed by atoms with E-state index in [0.717, 1.165) is 0 Å². The number of rotatable bonds is 2. The Balaban J connectivity index is 2.84. The molecule has 2 nitrogen and oxygen atoms in total. The first-order chi connectivity index (χ1) is 4.83. The van der Waals surface area contributed by atoms with Crippen LogP contribution in [-0.2, 0) is 4.79 Å². The molecule has 0 fully saturated rings. The molecule has 1 aromatic carbocycles. The molecule has 1 radical (unpaired) electrons. The van der Waals surface area contributed by atoms with Gasteiger partial charge in [-0.05, 0) is 18.2 Å². The second-order valence-corrected chi connectivity index (χ2v) is 1.69. The molecule has 0 spiro atoms. The van der Waals surface area contributed by atoms with Crippen LogP contribution < -0.4 is 5.32 Å². The molecule has 0 aliphatic rings. The number of halogens is 1. The van der Waals surface area contributed by atoms with Crippen molar-refractivity contribution in [2.24, 2.45) is 0 Å². The van der Waals surface area contributed by atoms with Crippen LogP contribution in [0.1, 0.15) is 0 Å². The third-order valence-corrected chi connectivity index (χ3v) is 0.992. The van der Waals surface area contributed by atoms with Crippen LogP contribution in [0.4, 0.5) is 10.1 Å². The van der Waals surface area contributed by atoms with Crippen molar-refractivity contribution in [2.45, 2.75) is 0 Å². The summed E-state index contributed by atoms with van der Waals surface area (Å²) in [5.74, 6) is -0.480. The molecular weight excluding hydrogens is 133 g/mol. The Bertz CT molecular complexity index is 237. The molecule has 1 aromatic rings. The topological polar surface area (TPSA) is 29.1 Å². The molecule has 1 N–H and O–H groups in total. The lowest BCUT2D eigenvalue weighted by Gasteiger charge is -1.94. The van der Waals surface area contributed by atoms with Crippen LogP contribution in [0, 0.1) is 11.9 Å². The molecule has 10 heavy (non-hydrogen) atoms. The molecule has 1 rings (SSSR count). The van der Waals surface area contributed by atoms with Crippen molar-refractivity contribution in [1.29, 1.82) is 0 Å². The lowest BCUT2D eigenvalue weighted by molar-refractivity contribution is -0.105. The summed E-state index contributed by atoms with van der Waals surface area (Å²) >= 11 is 0. The van der Waals surface area contributed by atoms with Gasteiger partial charge in [-0.25, -0.2) is 4.39 Å². The minimum atomic E-state index is -0.480. The van der Waals surface area contributed by atoms with E-state index < -0.39 is 5.82 Å². The summed E-state index contributed by atoms with van der Waals surface area (Å²) in [5, 5.41) is 2.31. The van der Waals surface area contributed by atoms with E-state index in [1.165, 1.54) is 12.1 Å². The summed E-state index contributed by atoms with van der Waals surface area (Å²) in [4.78, 5) is 9.84. The number of benzene rings is 1. The molecule has 0 atom stereocenters. The van der Waals surface area contributed by atoms with Crippen LogP contribution in [0.2, 0.25) is 0 Å². The van der Waals surface area contributed by atoms with Crippen LogP contribution in [0.25, 0.3) is 0 Å². The van der Waals surface area contributed by atoms with Gasteiger partial charge in [0.15, 0.2) is 0 Å². The number of nitrogens with one attached hydrogen (secondary N) is 1. The van der Waals surface area contributed by atoms with Crippen molar-refractivity contribution >= 4 is 12.1 Å². The Hall–Kier alpha value is -1.38. The number of anilines is 1. The Labute approximate surface area is 57.7 Å². The van der Waals surface area contributed by atoms with E-state index in [-0.39, 0.29) is 0 Å². The zero-order valence-electron chi connectivity index (χ0n) is 5.10. The SMILES string of the molecule is O=CNc1cc[c]c(F)c1. The van der Waals surface area contributed by atoms with Crippen LogP contribution in [0.5, 0.6) is 0 Å². The molecule has 0 aliphatic heterocycles. The second kappa shape index (κ2) is 2.96. The first kappa shape index (κ1) is 6.74. The maximum atomic E-state index is 12.3. The molecule has 0 saturated carbocycles. The molecule has 0 bridgehead atoms. The Kier molecular flexibility index (Phi) is 1.99. The predicted octanol–water partition coefficient (Wildman–Crippen LogP) is 1.19. The highest BCUT2D eigenvalue weighted by molar-refractivity contribution is 5.70. The highest BCUT2D eigenvalue weighted by atomic mass is 19.1. The van der Waals surface area contributed by atoms with Crippen molar-refractivity contribution in [3.63, 3.8) is 0 Å². The third kappa shape index (κ3) is 1.55. The van der Waals surface area contributed by atoms with Gasteiger partial charge in [-0.15, -0.1) is 0 Å². The molecule has 0 aromatic heterocycles. The lowest BCUT2D eigenvalue weighted by atomic mass is 10.3. The van der Waals surface area contributed by atoms with Gasteiger partial charge in [-0.3, -0.25) is 4.79 Å². The lowest BCUT2D eigenvalue weighted by Crippen LogP contribution is -1.93. The number of carbonyl (C=O) groups is 1. The third-order valence-electron chi connectivity index (χ3n) is 0.992.